The minimum absolute atomic E-state index is 0.00918. The van der Waals surface area contributed by atoms with Crippen molar-refractivity contribution >= 4 is 17.5 Å². The molecular weight excluding hydrogens is 380 g/mol. The number of hydrogen-bond acceptors (Lipinski definition) is 4. The third kappa shape index (κ3) is 3.47. The number of aromatic nitrogens is 4. The van der Waals surface area contributed by atoms with Crippen molar-refractivity contribution in [2.75, 3.05) is 13.1 Å². The molecule has 4 rings (SSSR count). The van der Waals surface area contributed by atoms with Gasteiger partial charge in [0.05, 0.1) is 23.8 Å². The Morgan fingerprint density at radius 3 is 2.85 bits per heavy atom. The van der Waals surface area contributed by atoms with Crippen LogP contribution < -0.4 is 5.69 Å². The second-order valence-corrected chi connectivity index (χ2v) is 7.40. The van der Waals surface area contributed by atoms with E-state index in [4.69, 9.17) is 11.6 Å². The van der Waals surface area contributed by atoms with Crippen molar-refractivity contribution < 1.29 is 13.6 Å². The lowest BCUT2D eigenvalue weighted by atomic mass is 10.0. The van der Waals surface area contributed by atoms with Gasteiger partial charge in [0.15, 0.2) is 0 Å². The standard InChI is InChI=1S/C17H18ClF2N5O2/c18-11-4-5-12(21-8-11)9-24-16(27)25-13(2-1-3-14(25)22-24)15(26)23-7-6-17(19,20)10-23/h4-5,8,13H,1-3,6-7,9-10H2/t13-/m0/s1. The van der Waals surface area contributed by atoms with Crippen molar-refractivity contribution in [3.8, 4) is 0 Å². The number of alkyl halides is 2. The smallest absolute Gasteiger partial charge is 0.335 e. The van der Waals surface area contributed by atoms with Gasteiger partial charge in [-0.1, -0.05) is 11.6 Å². The average Bonchev–Trinajstić information content (AvgIpc) is 3.16. The zero-order chi connectivity index (χ0) is 19.2. The summed E-state index contributed by atoms with van der Waals surface area (Å²) < 4.78 is 29.6. The molecule has 0 spiro atoms. The Hall–Kier alpha value is -2.29. The SMILES string of the molecule is O=C([C@@H]1CCCc2nn(Cc3ccc(Cl)cn3)c(=O)n21)N1CCC(F)(F)C1. The maximum atomic E-state index is 13.5. The topological polar surface area (TPSA) is 73.0 Å². The predicted octanol–water partition coefficient (Wildman–Crippen LogP) is 1.89. The van der Waals surface area contributed by atoms with Gasteiger partial charge in [0.1, 0.15) is 11.9 Å². The molecule has 144 valence electrons. The van der Waals surface area contributed by atoms with Crippen LogP contribution in [0.25, 0.3) is 0 Å². The van der Waals surface area contributed by atoms with Crippen LogP contribution in [0.2, 0.25) is 5.02 Å². The van der Waals surface area contributed by atoms with E-state index >= 15 is 0 Å². The third-order valence-corrected chi connectivity index (χ3v) is 5.22. The van der Waals surface area contributed by atoms with Crippen molar-refractivity contribution in [2.45, 2.75) is 44.2 Å². The summed E-state index contributed by atoms with van der Waals surface area (Å²) in [5.74, 6) is -2.79. The number of aryl methyl sites for hydroxylation is 1. The molecule has 1 saturated heterocycles. The number of pyridine rings is 1. The van der Waals surface area contributed by atoms with Gasteiger partial charge in [0.2, 0.25) is 5.91 Å². The summed E-state index contributed by atoms with van der Waals surface area (Å²) in [6, 6.07) is 2.59. The van der Waals surface area contributed by atoms with Crippen LogP contribution in [0.3, 0.4) is 0 Å². The van der Waals surface area contributed by atoms with Crippen molar-refractivity contribution in [3.63, 3.8) is 0 Å². The average molecular weight is 398 g/mol. The van der Waals surface area contributed by atoms with Crippen molar-refractivity contribution in [2.24, 2.45) is 0 Å². The first-order chi connectivity index (χ1) is 12.8. The summed E-state index contributed by atoms with van der Waals surface area (Å²) in [4.78, 5) is 30.9. The molecule has 1 fully saturated rings. The molecule has 1 atom stereocenters. The molecule has 10 heteroatoms. The Morgan fingerprint density at radius 1 is 1.37 bits per heavy atom. The molecule has 0 aliphatic carbocycles. The highest BCUT2D eigenvalue weighted by Gasteiger charge is 2.43. The normalized spacial score (nSPS) is 21.3. The lowest BCUT2D eigenvalue weighted by molar-refractivity contribution is -0.135. The Morgan fingerprint density at radius 2 is 2.19 bits per heavy atom. The fourth-order valence-corrected chi connectivity index (χ4v) is 3.77. The minimum Gasteiger partial charge on any atom is -0.335 e. The number of rotatable bonds is 3. The molecule has 0 unspecified atom stereocenters. The van der Waals surface area contributed by atoms with Crippen LogP contribution in [0.1, 0.15) is 36.8 Å². The number of fused-ring (bicyclic) bond motifs is 1. The van der Waals surface area contributed by atoms with E-state index in [0.29, 0.717) is 35.8 Å². The predicted molar refractivity (Wildman–Crippen MR) is 93.0 cm³/mol. The summed E-state index contributed by atoms with van der Waals surface area (Å²) in [6.45, 7) is -0.427. The fourth-order valence-electron chi connectivity index (χ4n) is 3.66. The van der Waals surface area contributed by atoms with Crippen molar-refractivity contribution in [3.05, 3.63) is 45.4 Å². The van der Waals surface area contributed by atoms with E-state index in [0.717, 1.165) is 4.90 Å². The van der Waals surface area contributed by atoms with Gasteiger partial charge < -0.3 is 4.90 Å². The van der Waals surface area contributed by atoms with E-state index in [1.165, 1.54) is 15.4 Å². The summed E-state index contributed by atoms with van der Waals surface area (Å²) in [5, 5.41) is 4.82. The van der Waals surface area contributed by atoms with E-state index in [-0.39, 0.29) is 19.5 Å². The molecule has 2 aromatic rings. The molecule has 0 radical (unpaired) electrons. The summed E-state index contributed by atoms with van der Waals surface area (Å²) in [6.07, 6.45) is 2.83. The lowest BCUT2D eigenvalue weighted by Gasteiger charge is -2.27. The minimum atomic E-state index is -2.86. The Balaban J connectivity index is 1.61. The fraction of sp³-hybridized carbons (Fsp3) is 0.529. The van der Waals surface area contributed by atoms with Crippen LogP contribution in [0, 0.1) is 0 Å². The first-order valence-electron chi connectivity index (χ1n) is 8.79. The summed E-state index contributed by atoms with van der Waals surface area (Å²) >= 11 is 5.82. The molecule has 2 aliphatic rings. The van der Waals surface area contributed by atoms with E-state index in [1.807, 2.05) is 0 Å². The molecule has 2 aliphatic heterocycles. The van der Waals surface area contributed by atoms with Crippen LogP contribution in [0.15, 0.2) is 23.1 Å². The Bertz CT molecular complexity index is 924. The molecule has 1 amide bonds. The van der Waals surface area contributed by atoms with Gasteiger partial charge in [-0.05, 0) is 25.0 Å². The molecule has 0 bridgehead atoms. The number of halogens is 3. The van der Waals surface area contributed by atoms with Crippen LogP contribution in [-0.4, -0.2) is 49.2 Å². The second kappa shape index (κ2) is 6.70. The van der Waals surface area contributed by atoms with Crippen LogP contribution in [0.4, 0.5) is 8.78 Å². The van der Waals surface area contributed by atoms with Gasteiger partial charge in [0, 0.05) is 25.6 Å². The van der Waals surface area contributed by atoms with E-state index in [1.54, 1.807) is 12.1 Å². The zero-order valence-electron chi connectivity index (χ0n) is 14.4. The number of carbonyl (C=O) groups excluding carboxylic acids is 1. The molecule has 7 nitrogen and oxygen atoms in total. The number of hydrogen-bond donors (Lipinski definition) is 0. The van der Waals surface area contributed by atoms with Gasteiger partial charge in [-0.25, -0.2) is 18.3 Å². The first-order valence-corrected chi connectivity index (χ1v) is 9.17. The summed E-state index contributed by atoms with van der Waals surface area (Å²) in [7, 11) is 0. The monoisotopic (exact) mass is 397 g/mol. The lowest BCUT2D eigenvalue weighted by Crippen LogP contribution is -2.42. The van der Waals surface area contributed by atoms with Gasteiger partial charge in [-0.15, -0.1) is 0 Å². The largest absolute Gasteiger partial charge is 0.347 e. The maximum Gasteiger partial charge on any atom is 0.347 e. The number of carbonyl (C=O) groups is 1. The molecule has 0 aromatic carbocycles. The first kappa shape index (κ1) is 18.1. The quantitative estimate of drug-likeness (QED) is 0.792. The Labute approximate surface area is 158 Å². The second-order valence-electron chi connectivity index (χ2n) is 6.97. The molecule has 4 heterocycles. The van der Waals surface area contributed by atoms with Crippen molar-refractivity contribution in [1.82, 2.24) is 24.2 Å². The van der Waals surface area contributed by atoms with Crippen LogP contribution >= 0.6 is 11.6 Å². The third-order valence-electron chi connectivity index (χ3n) is 5.00. The molecular formula is C17H18ClF2N5O2. The molecule has 0 saturated carbocycles. The van der Waals surface area contributed by atoms with Crippen molar-refractivity contribution in [1.29, 1.82) is 0 Å². The molecule has 27 heavy (non-hydrogen) atoms. The van der Waals surface area contributed by atoms with Crippen LogP contribution in [-0.2, 0) is 17.8 Å². The van der Waals surface area contributed by atoms with Gasteiger partial charge in [0.25, 0.3) is 5.92 Å². The maximum absolute atomic E-state index is 13.5. The zero-order valence-corrected chi connectivity index (χ0v) is 15.2. The number of amides is 1. The highest BCUT2D eigenvalue weighted by Crippen LogP contribution is 2.31. The van der Waals surface area contributed by atoms with Gasteiger partial charge in [-0.3, -0.25) is 14.3 Å². The van der Waals surface area contributed by atoms with E-state index in [2.05, 4.69) is 10.1 Å². The van der Waals surface area contributed by atoms with E-state index < -0.39 is 30.1 Å². The number of nitrogens with zero attached hydrogens (tertiary/aromatic N) is 5. The van der Waals surface area contributed by atoms with E-state index in [9.17, 15) is 18.4 Å². The summed E-state index contributed by atoms with van der Waals surface area (Å²) in [5.41, 5.74) is 0.185. The van der Waals surface area contributed by atoms with Gasteiger partial charge in [-0.2, -0.15) is 5.10 Å². The Kier molecular flexibility index (Phi) is 4.49. The highest BCUT2D eigenvalue weighted by molar-refractivity contribution is 6.30. The highest BCUT2D eigenvalue weighted by atomic mass is 35.5. The van der Waals surface area contributed by atoms with Gasteiger partial charge >= 0.3 is 5.69 Å². The molecule has 2 aromatic heterocycles. The number of likely N-dealkylation sites (tertiary alicyclic amines) is 1. The molecule has 0 N–H and O–H groups in total. The van der Waals surface area contributed by atoms with Crippen LogP contribution in [0.5, 0.6) is 0 Å².